The Hall–Kier alpha value is -2.03. The third kappa shape index (κ3) is 4.66. The zero-order valence-corrected chi connectivity index (χ0v) is 18.9. The summed E-state index contributed by atoms with van der Waals surface area (Å²) in [4.78, 5) is 34.5. The van der Waals surface area contributed by atoms with Crippen LogP contribution in [0.4, 0.5) is 5.69 Å². The lowest BCUT2D eigenvalue weighted by Crippen LogP contribution is -2.13. The molecule has 1 aliphatic rings. The van der Waals surface area contributed by atoms with Crippen molar-refractivity contribution in [1.29, 1.82) is 0 Å². The Labute approximate surface area is 187 Å². The molecule has 158 valence electrons. The van der Waals surface area contributed by atoms with Gasteiger partial charge in [-0.3, -0.25) is 9.59 Å². The van der Waals surface area contributed by atoms with Gasteiger partial charge in [-0.2, -0.15) is 11.8 Å². The first-order valence-electron chi connectivity index (χ1n) is 9.79. The molecule has 2 heterocycles. The molecule has 0 saturated heterocycles. The van der Waals surface area contributed by atoms with Crippen molar-refractivity contribution >= 4 is 56.5 Å². The number of aryl methyl sites for hydroxylation is 2. The van der Waals surface area contributed by atoms with Crippen molar-refractivity contribution in [2.45, 2.75) is 37.9 Å². The lowest BCUT2D eigenvalue weighted by atomic mass is 9.97. The molecule has 2 N–H and O–H groups in total. The standard InChI is InChI=1S/C21H22ClN3O3S2/c1-28-15-7-6-12(10-14(15)22)23-18(26)8-9-29-11-17-24-20(27)19-13-4-2-3-5-16(13)30-21(19)25-17/h6-7,10H,2-5,8-9,11H2,1H3,(H,23,26)(H,24,25,27). The summed E-state index contributed by atoms with van der Waals surface area (Å²) in [5.74, 6) is 2.33. The molecule has 1 aliphatic carbocycles. The number of aromatic amines is 1. The number of amides is 1. The number of thioether (sulfide) groups is 1. The van der Waals surface area contributed by atoms with Gasteiger partial charge in [0.05, 0.1) is 23.3 Å². The second kappa shape index (κ2) is 9.41. The molecule has 0 bridgehead atoms. The molecule has 0 saturated carbocycles. The second-order valence-electron chi connectivity index (χ2n) is 7.10. The largest absolute Gasteiger partial charge is 0.495 e. The van der Waals surface area contributed by atoms with Crippen molar-refractivity contribution < 1.29 is 9.53 Å². The van der Waals surface area contributed by atoms with Crippen molar-refractivity contribution in [3.05, 3.63) is 49.8 Å². The Morgan fingerprint density at radius 1 is 1.37 bits per heavy atom. The van der Waals surface area contributed by atoms with E-state index >= 15 is 0 Å². The number of hydrogen-bond donors (Lipinski definition) is 2. The molecule has 30 heavy (non-hydrogen) atoms. The SMILES string of the molecule is COc1ccc(NC(=O)CCSCc2nc3sc4c(c3c(=O)[nH]2)CCCC4)cc1Cl. The van der Waals surface area contributed by atoms with E-state index in [9.17, 15) is 9.59 Å². The number of ether oxygens (including phenoxy) is 1. The predicted octanol–water partition coefficient (Wildman–Crippen LogP) is 4.79. The molecule has 0 unspecified atom stereocenters. The number of rotatable bonds is 7. The molecule has 1 amide bonds. The molecule has 1 aromatic carbocycles. The van der Waals surface area contributed by atoms with Gasteiger partial charge in [-0.15, -0.1) is 11.3 Å². The Balaban J connectivity index is 1.31. The number of fused-ring (bicyclic) bond motifs is 3. The highest BCUT2D eigenvalue weighted by atomic mass is 35.5. The van der Waals surface area contributed by atoms with Crippen LogP contribution >= 0.6 is 34.7 Å². The number of hydrogen-bond acceptors (Lipinski definition) is 6. The van der Waals surface area contributed by atoms with E-state index in [2.05, 4.69) is 15.3 Å². The van der Waals surface area contributed by atoms with Crippen LogP contribution in [-0.4, -0.2) is 28.7 Å². The zero-order chi connectivity index (χ0) is 21.1. The normalized spacial score (nSPS) is 13.3. The van der Waals surface area contributed by atoms with E-state index < -0.39 is 0 Å². The fraction of sp³-hybridized carbons (Fsp3) is 0.381. The van der Waals surface area contributed by atoms with Crippen molar-refractivity contribution in [2.24, 2.45) is 0 Å². The number of benzene rings is 1. The van der Waals surface area contributed by atoms with E-state index in [-0.39, 0.29) is 11.5 Å². The molecule has 9 heteroatoms. The first-order valence-corrected chi connectivity index (χ1v) is 12.1. The molecule has 0 aliphatic heterocycles. The number of carbonyl (C=O) groups excluding carboxylic acids is 1. The van der Waals surface area contributed by atoms with Crippen molar-refractivity contribution in [1.82, 2.24) is 9.97 Å². The second-order valence-corrected chi connectivity index (χ2v) is 9.70. The maximum atomic E-state index is 12.6. The maximum absolute atomic E-state index is 12.6. The summed E-state index contributed by atoms with van der Waals surface area (Å²) in [6.07, 6.45) is 4.71. The molecule has 0 fully saturated rings. The van der Waals surface area contributed by atoms with Crippen LogP contribution in [0.1, 0.15) is 35.5 Å². The van der Waals surface area contributed by atoms with Gasteiger partial charge in [0, 0.05) is 22.7 Å². The minimum absolute atomic E-state index is 0.0378. The molecule has 3 aromatic rings. The van der Waals surface area contributed by atoms with Gasteiger partial charge in [-0.25, -0.2) is 4.98 Å². The van der Waals surface area contributed by atoms with Crippen LogP contribution in [0.5, 0.6) is 5.75 Å². The van der Waals surface area contributed by atoms with Gasteiger partial charge in [0.15, 0.2) is 0 Å². The van der Waals surface area contributed by atoms with Crippen LogP contribution in [0.2, 0.25) is 5.02 Å². The highest BCUT2D eigenvalue weighted by Gasteiger charge is 2.19. The average Bonchev–Trinajstić information content (AvgIpc) is 3.10. The molecular formula is C21H22ClN3O3S2. The summed E-state index contributed by atoms with van der Waals surface area (Å²) in [6, 6.07) is 5.13. The first kappa shape index (κ1) is 21.2. The highest BCUT2D eigenvalue weighted by Crippen LogP contribution is 2.33. The summed E-state index contributed by atoms with van der Waals surface area (Å²) >= 11 is 9.30. The Morgan fingerprint density at radius 3 is 3.00 bits per heavy atom. The number of aromatic nitrogens is 2. The molecular weight excluding hydrogens is 442 g/mol. The number of halogens is 1. The molecule has 0 atom stereocenters. The quantitative estimate of drug-likeness (QED) is 0.492. The molecule has 0 spiro atoms. The van der Waals surface area contributed by atoms with Gasteiger partial charge in [-0.05, 0) is 49.4 Å². The Bertz CT molecular complexity index is 1140. The summed E-state index contributed by atoms with van der Waals surface area (Å²) < 4.78 is 5.11. The lowest BCUT2D eigenvalue weighted by Gasteiger charge is -2.09. The number of nitrogens with zero attached hydrogens (tertiary/aromatic N) is 1. The van der Waals surface area contributed by atoms with Crippen molar-refractivity contribution in [3.63, 3.8) is 0 Å². The number of thiophene rings is 1. The Morgan fingerprint density at radius 2 is 2.20 bits per heavy atom. The van der Waals surface area contributed by atoms with Crippen molar-refractivity contribution in [3.8, 4) is 5.75 Å². The number of anilines is 1. The van der Waals surface area contributed by atoms with Gasteiger partial charge in [0.25, 0.3) is 5.56 Å². The van der Waals surface area contributed by atoms with Crippen LogP contribution in [-0.2, 0) is 23.4 Å². The third-order valence-corrected chi connectivity index (χ3v) is 7.47. The van der Waals surface area contributed by atoms with E-state index in [4.69, 9.17) is 16.3 Å². The van der Waals surface area contributed by atoms with Gasteiger partial charge in [0.1, 0.15) is 16.4 Å². The van der Waals surface area contributed by atoms with E-state index in [0.29, 0.717) is 40.2 Å². The maximum Gasteiger partial charge on any atom is 0.259 e. The smallest absolute Gasteiger partial charge is 0.259 e. The Kier molecular flexibility index (Phi) is 6.65. The average molecular weight is 464 g/mol. The number of H-pyrrole nitrogens is 1. The third-order valence-electron chi connectivity index (χ3n) is 5.02. The van der Waals surface area contributed by atoms with E-state index in [1.165, 1.54) is 16.9 Å². The zero-order valence-electron chi connectivity index (χ0n) is 16.5. The van der Waals surface area contributed by atoms with Gasteiger partial charge in [0.2, 0.25) is 5.91 Å². The van der Waals surface area contributed by atoms with E-state index in [0.717, 1.165) is 29.5 Å². The summed E-state index contributed by atoms with van der Waals surface area (Å²) in [5.41, 5.74) is 1.79. The van der Waals surface area contributed by atoms with Crippen LogP contribution < -0.4 is 15.6 Å². The van der Waals surface area contributed by atoms with Crippen molar-refractivity contribution in [2.75, 3.05) is 18.2 Å². The van der Waals surface area contributed by atoms with E-state index in [1.807, 2.05) is 0 Å². The molecule has 4 rings (SSSR count). The van der Waals surface area contributed by atoms with Gasteiger partial charge in [-0.1, -0.05) is 11.6 Å². The van der Waals surface area contributed by atoms with E-state index in [1.54, 1.807) is 48.4 Å². The van der Waals surface area contributed by atoms with Crippen LogP contribution in [0, 0.1) is 0 Å². The van der Waals surface area contributed by atoms with Crippen LogP contribution in [0.25, 0.3) is 10.2 Å². The number of methoxy groups -OCH3 is 1. The van der Waals surface area contributed by atoms with Crippen LogP contribution in [0.15, 0.2) is 23.0 Å². The predicted molar refractivity (Wildman–Crippen MR) is 124 cm³/mol. The fourth-order valence-electron chi connectivity index (χ4n) is 3.58. The molecule has 0 radical (unpaired) electrons. The van der Waals surface area contributed by atoms with Gasteiger partial charge >= 0.3 is 0 Å². The summed E-state index contributed by atoms with van der Waals surface area (Å²) in [6.45, 7) is 0. The molecule has 2 aromatic heterocycles. The summed E-state index contributed by atoms with van der Waals surface area (Å²) in [5, 5.41) is 4.06. The first-order chi connectivity index (χ1) is 14.5. The number of carbonyl (C=O) groups is 1. The summed E-state index contributed by atoms with van der Waals surface area (Å²) in [7, 11) is 1.54. The number of nitrogens with one attached hydrogen (secondary N) is 2. The minimum atomic E-state index is -0.0911. The van der Waals surface area contributed by atoms with Crippen LogP contribution in [0.3, 0.4) is 0 Å². The topological polar surface area (TPSA) is 84.1 Å². The molecule has 6 nitrogen and oxygen atoms in total. The monoisotopic (exact) mass is 463 g/mol. The fourth-order valence-corrected chi connectivity index (χ4v) is 5.92. The minimum Gasteiger partial charge on any atom is -0.495 e. The highest BCUT2D eigenvalue weighted by molar-refractivity contribution is 7.98. The lowest BCUT2D eigenvalue weighted by molar-refractivity contribution is -0.115. The van der Waals surface area contributed by atoms with Gasteiger partial charge < -0.3 is 15.0 Å².